The van der Waals surface area contributed by atoms with Crippen molar-refractivity contribution in [2.24, 2.45) is 0 Å². The number of nitrogen functional groups attached to an aromatic ring is 2. The molecule has 0 bridgehead atoms. The molecular formula is C31H23Cl2N3O4. The molecule has 6 N–H and O–H groups in total. The highest BCUT2D eigenvalue weighted by Crippen LogP contribution is 2.47. The van der Waals surface area contributed by atoms with Crippen LogP contribution in [-0.4, -0.2) is 28.2 Å². The van der Waals surface area contributed by atoms with Crippen LogP contribution in [0.25, 0.3) is 6.08 Å². The largest absolute Gasteiger partial charge is 0.398 e. The molecule has 40 heavy (non-hydrogen) atoms. The van der Waals surface area contributed by atoms with E-state index in [1.165, 1.54) is 42.5 Å². The molecule has 0 radical (unpaired) electrons. The maximum Gasteiger partial charge on any atom is 0.255 e. The van der Waals surface area contributed by atoms with Crippen LogP contribution in [0.15, 0.2) is 96.6 Å². The Labute approximate surface area is 240 Å². The molecular weight excluding hydrogens is 549 g/mol. The van der Waals surface area contributed by atoms with Crippen LogP contribution in [0, 0.1) is 0 Å². The molecule has 4 aromatic carbocycles. The molecule has 2 atom stereocenters. The van der Waals surface area contributed by atoms with E-state index >= 15 is 0 Å². The number of para-hydroxylation sites is 1. The van der Waals surface area contributed by atoms with Crippen molar-refractivity contribution in [3.05, 3.63) is 129 Å². The van der Waals surface area contributed by atoms with Crippen molar-refractivity contribution in [1.82, 2.24) is 0 Å². The van der Waals surface area contributed by atoms with Gasteiger partial charge in [-0.25, -0.2) is 0 Å². The van der Waals surface area contributed by atoms with E-state index in [1.54, 1.807) is 54.6 Å². The number of fused-ring (bicyclic) bond motifs is 1. The molecule has 1 aliphatic rings. The molecule has 0 fully saturated rings. The molecule has 1 aliphatic carbocycles. The Morgan fingerprint density at radius 2 is 1.35 bits per heavy atom. The molecule has 9 heteroatoms. The molecule has 200 valence electrons. The van der Waals surface area contributed by atoms with E-state index in [2.05, 4.69) is 5.32 Å². The maximum atomic E-state index is 14.3. The minimum absolute atomic E-state index is 0.0233. The normalized spacial score (nSPS) is 17.9. The quantitative estimate of drug-likeness (QED) is 0.171. The summed E-state index contributed by atoms with van der Waals surface area (Å²) in [6, 6.07) is 23.7. The first-order chi connectivity index (χ1) is 19.1. The molecule has 2 unspecified atom stereocenters. The standard InChI is InChI=1S/C31H23Cl2N3O4/c32-18-10-12-22(25(34)15-18)28(37)27-21-9-5-4-6-17(21)14-24(30(39)36-20-7-2-1-3-8-20)31(27,40)29(38)23-13-11-19(33)16-26(23)35/h1-16,27,40H,34-35H2,(H,36,39). The number of nitrogens with one attached hydrogen (secondary N) is 1. The molecule has 0 aromatic heterocycles. The highest BCUT2D eigenvalue weighted by molar-refractivity contribution is 6.32. The smallest absolute Gasteiger partial charge is 0.255 e. The first-order valence-corrected chi connectivity index (χ1v) is 13.0. The minimum atomic E-state index is -2.68. The number of hydrogen-bond acceptors (Lipinski definition) is 6. The van der Waals surface area contributed by atoms with Gasteiger partial charge in [0.25, 0.3) is 5.91 Å². The lowest BCUT2D eigenvalue weighted by atomic mass is 9.65. The predicted octanol–water partition coefficient (Wildman–Crippen LogP) is 5.77. The number of carbonyl (C=O) groups excluding carboxylic acids is 3. The number of rotatable bonds is 6. The van der Waals surface area contributed by atoms with Gasteiger partial charge in [-0.1, -0.05) is 65.7 Å². The number of aliphatic hydroxyl groups is 1. The van der Waals surface area contributed by atoms with E-state index in [1.807, 2.05) is 0 Å². The van der Waals surface area contributed by atoms with E-state index in [4.69, 9.17) is 34.7 Å². The molecule has 0 aliphatic heterocycles. The lowest BCUT2D eigenvalue weighted by Crippen LogP contribution is -2.53. The SMILES string of the molecule is Nc1cc(Cl)ccc1C(=O)C1c2ccccc2C=C(C(=O)Nc2ccccc2)C1(O)C(=O)c1ccc(Cl)cc1N. The Kier molecular flexibility index (Phi) is 7.21. The lowest BCUT2D eigenvalue weighted by Gasteiger charge is -2.39. The van der Waals surface area contributed by atoms with Gasteiger partial charge in [0.2, 0.25) is 5.78 Å². The zero-order valence-electron chi connectivity index (χ0n) is 20.9. The molecule has 0 saturated heterocycles. The van der Waals surface area contributed by atoms with Crippen molar-refractivity contribution in [2.45, 2.75) is 11.5 Å². The van der Waals surface area contributed by atoms with Crippen molar-refractivity contribution in [2.75, 3.05) is 16.8 Å². The molecule has 0 spiro atoms. The summed E-state index contributed by atoms with van der Waals surface area (Å²) in [6.07, 6.45) is 1.41. The Balaban J connectivity index is 1.76. The van der Waals surface area contributed by atoms with Crippen molar-refractivity contribution < 1.29 is 19.5 Å². The van der Waals surface area contributed by atoms with E-state index in [9.17, 15) is 19.5 Å². The van der Waals surface area contributed by atoms with Gasteiger partial charge < -0.3 is 21.9 Å². The van der Waals surface area contributed by atoms with Crippen molar-refractivity contribution in [3.8, 4) is 0 Å². The molecule has 0 heterocycles. The highest BCUT2D eigenvalue weighted by Gasteiger charge is 2.56. The summed E-state index contributed by atoms with van der Waals surface area (Å²) in [5.41, 5.74) is 10.5. The van der Waals surface area contributed by atoms with Gasteiger partial charge in [-0.15, -0.1) is 0 Å². The Hall–Kier alpha value is -4.43. The van der Waals surface area contributed by atoms with E-state index in [0.29, 0.717) is 21.8 Å². The van der Waals surface area contributed by atoms with Crippen LogP contribution >= 0.6 is 23.2 Å². The summed E-state index contributed by atoms with van der Waals surface area (Å²) < 4.78 is 0. The van der Waals surface area contributed by atoms with Crippen molar-refractivity contribution >= 4 is 63.8 Å². The first kappa shape index (κ1) is 27.1. The fourth-order valence-electron chi connectivity index (χ4n) is 4.95. The molecule has 7 nitrogen and oxygen atoms in total. The fourth-order valence-corrected chi connectivity index (χ4v) is 5.31. The van der Waals surface area contributed by atoms with Crippen LogP contribution in [0.2, 0.25) is 10.0 Å². The predicted molar refractivity (Wildman–Crippen MR) is 158 cm³/mol. The average molecular weight is 572 g/mol. The van der Waals surface area contributed by atoms with Gasteiger partial charge in [0, 0.05) is 38.2 Å². The number of ketones is 2. The zero-order valence-corrected chi connectivity index (χ0v) is 22.4. The van der Waals surface area contributed by atoms with Gasteiger partial charge >= 0.3 is 0 Å². The van der Waals surface area contributed by atoms with Gasteiger partial charge in [0.15, 0.2) is 11.4 Å². The number of benzene rings is 4. The topological polar surface area (TPSA) is 136 Å². The Morgan fingerprint density at radius 1 is 0.775 bits per heavy atom. The van der Waals surface area contributed by atoms with Crippen LogP contribution in [0.1, 0.15) is 37.8 Å². The van der Waals surface area contributed by atoms with Gasteiger partial charge in [-0.05, 0) is 65.7 Å². The summed E-state index contributed by atoms with van der Waals surface area (Å²) in [4.78, 5) is 42.4. The molecule has 5 rings (SSSR count). The summed E-state index contributed by atoms with van der Waals surface area (Å²) in [6.45, 7) is 0. The summed E-state index contributed by atoms with van der Waals surface area (Å²) >= 11 is 12.1. The number of amides is 1. The second kappa shape index (κ2) is 10.6. The number of hydrogen-bond donors (Lipinski definition) is 4. The minimum Gasteiger partial charge on any atom is -0.398 e. The van der Waals surface area contributed by atoms with Crippen LogP contribution in [0.5, 0.6) is 0 Å². The van der Waals surface area contributed by atoms with E-state index < -0.39 is 29.0 Å². The van der Waals surface area contributed by atoms with Crippen LogP contribution in [-0.2, 0) is 4.79 Å². The number of Topliss-reactive ketones (excluding diaryl/α,β-unsaturated/α-hetero) is 2. The van der Waals surface area contributed by atoms with Crippen LogP contribution < -0.4 is 16.8 Å². The second-order valence-corrected chi connectivity index (χ2v) is 10.2. The average Bonchev–Trinajstić information content (AvgIpc) is 2.92. The van der Waals surface area contributed by atoms with E-state index in [0.717, 1.165) is 0 Å². The summed E-state index contributed by atoms with van der Waals surface area (Å²) in [5, 5.41) is 15.8. The first-order valence-electron chi connectivity index (χ1n) is 12.2. The van der Waals surface area contributed by atoms with Crippen LogP contribution in [0.3, 0.4) is 0 Å². The number of carbonyl (C=O) groups is 3. The maximum absolute atomic E-state index is 14.3. The van der Waals surface area contributed by atoms with E-state index in [-0.39, 0.29) is 33.1 Å². The second-order valence-electron chi connectivity index (χ2n) is 9.36. The highest BCUT2D eigenvalue weighted by atomic mass is 35.5. The van der Waals surface area contributed by atoms with Gasteiger partial charge in [-0.2, -0.15) is 0 Å². The third-order valence-electron chi connectivity index (χ3n) is 6.86. The third-order valence-corrected chi connectivity index (χ3v) is 7.33. The third kappa shape index (κ3) is 4.75. The molecule has 1 amide bonds. The van der Waals surface area contributed by atoms with Crippen molar-refractivity contribution in [1.29, 1.82) is 0 Å². The molecule has 0 saturated carbocycles. The Bertz CT molecular complexity index is 1700. The van der Waals surface area contributed by atoms with Crippen LogP contribution in [0.4, 0.5) is 17.1 Å². The van der Waals surface area contributed by atoms with Gasteiger partial charge in [-0.3, -0.25) is 14.4 Å². The lowest BCUT2D eigenvalue weighted by molar-refractivity contribution is -0.114. The monoisotopic (exact) mass is 571 g/mol. The fraction of sp³-hybridized carbons (Fsp3) is 0.0645. The summed E-state index contributed by atoms with van der Waals surface area (Å²) in [7, 11) is 0. The Morgan fingerprint density at radius 3 is 1.98 bits per heavy atom. The van der Waals surface area contributed by atoms with Crippen molar-refractivity contribution in [3.63, 3.8) is 0 Å². The van der Waals surface area contributed by atoms with Gasteiger partial charge in [0.1, 0.15) is 0 Å². The number of nitrogens with two attached hydrogens (primary N) is 2. The number of anilines is 3. The molecule has 4 aromatic rings. The summed E-state index contributed by atoms with van der Waals surface area (Å²) in [5.74, 6) is -3.96. The number of halogens is 2. The van der Waals surface area contributed by atoms with Gasteiger partial charge in [0.05, 0.1) is 11.5 Å². The zero-order chi connectivity index (χ0) is 28.6.